The summed E-state index contributed by atoms with van der Waals surface area (Å²) in [7, 11) is 0. The molecule has 1 saturated carbocycles. The Hall–Kier alpha value is -1.51. The van der Waals surface area contributed by atoms with Crippen molar-refractivity contribution in [1.29, 1.82) is 0 Å². The summed E-state index contributed by atoms with van der Waals surface area (Å²) in [6.45, 7) is 4.08. The van der Waals surface area contributed by atoms with Crippen molar-refractivity contribution >= 4 is 17.3 Å². The fraction of sp³-hybridized carbons (Fsp3) is 0.533. The van der Waals surface area contributed by atoms with Crippen LogP contribution < -0.4 is 10.6 Å². The van der Waals surface area contributed by atoms with Crippen molar-refractivity contribution in [2.75, 3.05) is 10.6 Å². The van der Waals surface area contributed by atoms with Gasteiger partial charge in [0, 0.05) is 23.8 Å². The summed E-state index contributed by atoms with van der Waals surface area (Å²) < 4.78 is 0. The Kier molecular flexibility index (Phi) is 4.24. The molecule has 1 aliphatic rings. The van der Waals surface area contributed by atoms with Crippen molar-refractivity contribution in [2.45, 2.75) is 45.6 Å². The summed E-state index contributed by atoms with van der Waals surface area (Å²) in [6.07, 6.45) is 4.35. The molecule has 1 amide bonds. The minimum Gasteiger partial charge on any atom is -0.382 e. The molecule has 0 radical (unpaired) electrons. The highest BCUT2D eigenvalue weighted by Gasteiger charge is 2.29. The molecule has 0 bridgehead atoms. The van der Waals surface area contributed by atoms with Crippen molar-refractivity contribution in [3.8, 4) is 0 Å². The maximum atomic E-state index is 11.4. The highest BCUT2D eigenvalue weighted by molar-refractivity contribution is 5.90. The van der Waals surface area contributed by atoms with Crippen LogP contribution in [0.1, 0.15) is 39.5 Å². The van der Waals surface area contributed by atoms with Crippen LogP contribution in [0.4, 0.5) is 11.4 Å². The second-order valence-corrected chi connectivity index (χ2v) is 4.98. The lowest BCUT2D eigenvalue weighted by atomic mass is 10.1. The molecule has 3 nitrogen and oxygen atoms in total. The number of amides is 1. The first-order chi connectivity index (χ1) is 8.72. The second kappa shape index (κ2) is 5.89. The fourth-order valence-electron chi connectivity index (χ4n) is 2.20. The summed E-state index contributed by atoms with van der Waals surface area (Å²) in [4.78, 5) is 11.4. The average Bonchev–Trinajstić information content (AvgIpc) is 3.20. The number of benzene rings is 1. The molecule has 2 N–H and O–H groups in total. The summed E-state index contributed by atoms with van der Waals surface area (Å²) in [5, 5.41) is 6.46. The maximum absolute atomic E-state index is 11.4. The first kappa shape index (κ1) is 12.9. The van der Waals surface area contributed by atoms with E-state index in [9.17, 15) is 4.79 Å². The van der Waals surface area contributed by atoms with E-state index >= 15 is 0 Å². The number of carbonyl (C=O) groups is 1. The van der Waals surface area contributed by atoms with Gasteiger partial charge in [-0.15, -0.1) is 0 Å². The molecular formula is C15H22N2O. The van der Waals surface area contributed by atoms with Crippen LogP contribution in [0.2, 0.25) is 0 Å². The predicted octanol–water partition coefficient (Wildman–Crippen LogP) is 3.64. The third-order valence-corrected chi connectivity index (χ3v) is 3.45. The largest absolute Gasteiger partial charge is 0.382 e. The molecule has 0 heterocycles. The van der Waals surface area contributed by atoms with Crippen LogP contribution in [0.3, 0.4) is 0 Å². The number of hydrogen-bond acceptors (Lipinski definition) is 2. The van der Waals surface area contributed by atoms with Crippen LogP contribution in [-0.2, 0) is 4.79 Å². The van der Waals surface area contributed by atoms with Gasteiger partial charge in [-0.1, -0.05) is 19.9 Å². The smallest absolute Gasteiger partial charge is 0.224 e. The third-order valence-electron chi connectivity index (χ3n) is 3.45. The molecule has 1 fully saturated rings. The van der Waals surface area contributed by atoms with E-state index in [2.05, 4.69) is 23.6 Å². The highest BCUT2D eigenvalue weighted by atomic mass is 16.1. The van der Waals surface area contributed by atoms with Crippen LogP contribution >= 0.6 is 0 Å². The van der Waals surface area contributed by atoms with Crippen LogP contribution in [-0.4, -0.2) is 11.9 Å². The van der Waals surface area contributed by atoms with Gasteiger partial charge < -0.3 is 10.6 Å². The molecule has 1 aliphatic carbocycles. The van der Waals surface area contributed by atoms with Crippen LogP contribution in [0.25, 0.3) is 0 Å². The highest BCUT2D eigenvalue weighted by Crippen LogP contribution is 2.35. The van der Waals surface area contributed by atoms with Crippen LogP contribution in [0, 0.1) is 5.92 Å². The molecular weight excluding hydrogens is 224 g/mol. The van der Waals surface area contributed by atoms with Crippen molar-refractivity contribution in [1.82, 2.24) is 0 Å². The van der Waals surface area contributed by atoms with E-state index in [1.165, 1.54) is 12.8 Å². The molecule has 0 aliphatic heterocycles. The number of carbonyl (C=O) groups excluding carboxylic acids is 1. The van der Waals surface area contributed by atoms with Gasteiger partial charge in [-0.25, -0.2) is 0 Å². The van der Waals surface area contributed by atoms with Crippen LogP contribution in [0.5, 0.6) is 0 Å². The minimum absolute atomic E-state index is 0.0568. The maximum Gasteiger partial charge on any atom is 0.224 e. The van der Waals surface area contributed by atoms with Gasteiger partial charge in [0.2, 0.25) is 5.91 Å². The van der Waals surface area contributed by atoms with Crippen molar-refractivity contribution in [3.05, 3.63) is 24.3 Å². The van der Waals surface area contributed by atoms with Gasteiger partial charge in [-0.3, -0.25) is 4.79 Å². The molecule has 18 heavy (non-hydrogen) atoms. The first-order valence-corrected chi connectivity index (χ1v) is 6.89. The minimum atomic E-state index is 0.0568. The Morgan fingerprint density at radius 2 is 2.06 bits per heavy atom. The van der Waals surface area contributed by atoms with Gasteiger partial charge in [0.25, 0.3) is 0 Å². The second-order valence-electron chi connectivity index (χ2n) is 4.98. The SMILES string of the molecule is CCC(=O)Nc1cccc(NC(CC)C2CC2)c1. The molecule has 0 saturated heterocycles. The average molecular weight is 246 g/mol. The van der Waals surface area contributed by atoms with Gasteiger partial charge in [0.05, 0.1) is 0 Å². The molecule has 0 spiro atoms. The fourth-order valence-corrected chi connectivity index (χ4v) is 2.20. The predicted molar refractivity (Wildman–Crippen MR) is 75.8 cm³/mol. The topological polar surface area (TPSA) is 41.1 Å². The summed E-state index contributed by atoms with van der Waals surface area (Å²) in [6, 6.07) is 8.55. The lowest BCUT2D eigenvalue weighted by molar-refractivity contribution is -0.115. The van der Waals surface area contributed by atoms with E-state index in [0.717, 1.165) is 23.7 Å². The molecule has 1 aromatic carbocycles. The van der Waals surface area contributed by atoms with Gasteiger partial charge in [-0.05, 0) is 43.4 Å². The molecule has 0 aromatic heterocycles. The molecule has 2 rings (SSSR count). The van der Waals surface area contributed by atoms with E-state index in [-0.39, 0.29) is 5.91 Å². The molecule has 98 valence electrons. The van der Waals surface area contributed by atoms with Gasteiger partial charge in [0.1, 0.15) is 0 Å². The monoisotopic (exact) mass is 246 g/mol. The Labute approximate surface area is 109 Å². The summed E-state index contributed by atoms with van der Waals surface area (Å²) in [5.41, 5.74) is 1.97. The first-order valence-electron chi connectivity index (χ1n) is 6.89. The van der Waals surface area contributed by atoms with Crippen molar-refractivity contribution in [2.24, 2.45) is 5.92 Å². The van der Waals surface area contributed by atoms with E-state index in [0.29, 0.717) is 12.5 Å². The number of rotatable bonds is 6. The summed E-state index contributed by atoms with van der Waals surface area (Å²) in [5.74, 6) is 0.894. The zero-order valence-electron chi connectivity index (χ0n) is 11.2. The van der Waals surface area contributed by atoms with E-state index in [4.69, 9.17) is 0 Å². The van der Waals surface area contributed by atoms with E-state index in [1.807, 2.05) is 25.1 Å². The Balaban J connectivity index is 1.99. The molecule has 1 atom stereocenters. The lowest BCUT2D eigenvalue weighted by Gasteiger charge is -2.18. The van der Waals surface area contributed by atoms with E-state index < -0.39 is 0 Å². The zero-order valence-corrected chi connectivity index (χ0v) is 11.2. The normalized spacial score (nSPS) is 16.1. The molecule has 1 unspecified atom stereocenters. The number of nitrogens with one attached hydrogen (secondary N) is 2. The van der Waals surface area contributed by atoms with Crippen molar-refractivity contribution < 1.29 is 4.79 Å². The molecule has 3 heteroatoms. The Bertz CT molecular complexity index is 413. The number of anilines is 2. The third kappa shape index (κ3) is 3.49. The quantitative estimate of drug-likeness (QED) is 0.804. The lowest BCUT2D eigenvalue weighted by Crippen LogP contribution is -2.20. The van der Waals surface area contributed by atoms with E-state index in [1.54, 1.807) is 0 Å². The van der Waals surface area contributed by atoms with Crippen LogP contribution in [0.15, 0.2) is 24.3 Å². The van der Waals surface area contributed by atoms with Gasteiger partial charge in [-0.2, -0.15) is 0 Å². The van der Waals surface area contributed by atoms with Crippen molar-refractivity contribution in [3.63, 3.8) is 0 Å². The van der Waals surface area contributed by atoms with Gasteiger partial charge >= 0.3 is 0 Å². The summed E-state index contributed by atoms with van der Waals surface area (Å²) >= 11 is 0. The molecule has 1 aromatic rings. The van der Waals surface area contributed by atoms with Gasteiger partial charge in [0.15, 0.2) is 0 Å². The Morgan fingerprint density at radius 1 is 1.33 bits per heavy atom. The number of hydrogen-bond donors (Lipinski definition) is 2. The Morgan fingerprint density at radius 3 is 2.67 bits per heavy atom. The zero-order chi connectivity index (χ0) is 13.0. The standard InChI is InChI=1S/C15H22N2O/c1-3-14(11-8-9-11)16-12-6-5-7-13(10-12)17-15(18)4-2/h5-7,10-11,14,16H,3-4,8-9H2,1-2H3,(H,17,18).